The van der Waals surface area contributed by atoms with Crippen LogP contribution in [0.15, 0.2) is 12.5 Å². The summed E-state index contributed by atoms with van der Waals surface area (Å²) in [4.78, 5) is 6.67. The summed E-state index contributed by atoms with van der Waals surface area (Å²) < 4.78 is 0. The largest absolute Gasteiger partial charge is 0.348 e. The molecule has 0 saturated heterocycles. The first kappa shape index (κ1) is 4.92. The number of rotatable bonds is 1. The van der Waals surface area contributed by atoms with E-state index in [1.165, 1.54) is 0 Å². The van der Waals surface area contributed by atoms with E-state index in [1.807, 2.05) is 0 Å². The minimum Gasteiger partial charge on any atom is -0.348 e. The number of nitrogens with one attached hydrogen (secondary N) is 1. The van der Waals surface area contributed by atoms with Crippen LogP contribution in [-0.2, 0) is 6.42 Å². The SMILES string of the molecule is C#CCc1cnc[nH]1. The average Bonchev–Trinajstić information content (AvgIpc) is 2.19. The number of imidazole rings is 1. The Morgan fingerprint density at radius 2 is 2.75 bits per heavy atom. The molecule has 0 spiro atoms. The molecule has 1 aromatic heterocycles. The summed E-state index contributed by atoms with van der Waals surface area (Å²) in [6, 6.07) is 0. The zero-order chi connectivity index (χ0) is 5.82. The molecule has 0 bridgehead atoms. The van der Waals surface area contributed by atoms with E-state index in [1.54, 1.807) is 12.5 Å². The van der Waals surface area contributed by atoms with Gasteiger partial charge in [0.15, 0.2) is 0 Å². The highest BCUT2D eigenvalue weighted by Gasteiger charge is 1.84. The predicted octanol–water partition coefficient (Wildman–Crippen LogP) is 0.585. The molecule has 0 aliphatic heterocycles. The molecular formula is C6H6N2. The minimum absolute atomic E-state index is 0.639. The molecule has 1 heterocycles. The standard InChI is InChI=1S/C6H6N2/c1-2-3-6-4-7-5-8-6/h1,4-5H,3H2,(H,7,8). The third kappa shape index (κ3) is 0.881. The molecule has 0 saturated carbocycles. The molecule has 0 fully saturated rings. The van der Waals surface area contributed by atoms with E-state index >= 15 is 0 Å². The highest BCUT2D eigenvalue weighted by Crippen LogP contribution is 1.88. The lowest BCUT2D eigenvalue weighted by molar-refractivity contribution is 1.18. The van der Waals surface area contributed by atoms with Crippen molar-refractivity contribution in [2.75, 3.05) is 0 Å². The number of aromatic nitrogens is 2. The lowest BCUT2D eigenvalue weighted by Crippen LogP contribution is -1.76. The highest BCUT2D eigenvalue weighted by atomic mass is 14.8. The average molecular weight is 106 g/mol. The summed E-state index contributed by atoms with van der Waals surface area (Å²) in [5.74, 6) is 2.50. The Balaban J connectivity index is 2.67. The Kier molecular flexibility index (Phi) is 1.34. The molecule has 40 valence electrons. The van der Waals surface area contributed by atoms with E-state index in [9.17, 15) is 0 Å². The van der Waals surface area contributed by atoms with Gasteiger partial charge < -0.3 is 4.98 Å². The molecule has 2 heteroatoms. The lowest BCUT2D eigenvalue weighted by atomic mass is 10.4. The number of nitrogens with zero attached hydrogens (tertiary/aromatic N) is 1. The van der Waals surface area contributed by atoms with Crippen LogP contribution >= 0.6 is 0 Å². The Morgan fingerprint density at radius 1 is 1.88 bits per heavy atom. The van der Waals surface area contributed by atoms with Gasteiger partial charge in [-0.1, -0.05) is 0 Å². The van der Waals surface area contributed by atoms with Crippen molar-refractivity contribution in [3.63, 3.8) is 0 Å². The molecule has 0 aromatic carbocycles. The van der Waals surface area contributed by atoms with E-state index in [2.05, 4.69) is 15.9 Å². The third-order valence-electron chi connectivity index (χ3n) is 0.847. The normalized spacial score (nSPS) is 8.38. The molecule has 0 aliphatic rings. The third-order valence-corrected chi connectivity index (χ3v) is 0.847. The second-order valence-electron chi connectivity index (χ2n) is 1.46. The van der Waals surface area contributed by atoms with E-state index in [4.69, 9.17) is 6.42 Å². The maximum atomic E-state index is 5.02. The molecule has 0 unspecified atom stereocenters. The van der Waals surface area contributed by atoms with Gasteiger partial charge in [-0.2, -0.15) is 0 Å². The number of hydrogen-bond acceptors (Lipinski definition) is 1. The summed E-state index contributed by atoms with van der Waals surface area (Å²) in [5.41, 5.74) is 0.993. The zero-order valence-corrected chi connectivity index (χ0v) is 4.39. The van der Waals surface area contributed by atoms with Crippen molar-refractivity contribution < 1.29 is 0 Å². The van der Waals surface area contributed by atoms with Crippen LogP contribution in [0.25, 0.3) is 0 Å². The van der Waals surface area contributed by atoms with Crippen molar-refractivity contribution in [3.05, 3.63) is 18.2 Å². The van der Waals surface area contributed by atoms with Crippen molar-refractivity contribution in [1.82, 2.24) is 9.97 Å². The van der Waals surface area contributed by atoms with Crippen molar-refractivity contribution in [1.29, 1.82) is 0 Å². The molecule has 0 amide bonds. The van der Waals surface area contributed by atoms with Gasteiger partial charge in [-0.3, -0.25) is 0 Å². The fraction of sp³-hybridized carbons (Fsp3) is 0.167. The van der Waals surface area contributed by atoms with Crippen LogP contribution in [0.1, 0.15) is 5.69 Å². The molecule has 8 heavy (non-hydrogen) atoms. The Labute approximate surface area is 48.0 Å². The molecule has 0 radical (unpaired) electrons. The van der Waals surface area contributed by atoms with Crippen LogP contribution in [0.3, 0.4) is 0 Å². The maximum absolute atomic E-state index is 5.02. The zero-order valence-electron chi connectivity index (χ0n) is 4.39. The quantitative estimate of drug-likeness (QED) is 0.521. The summed E-state index contributed by atoms with van der Waals surface area (Å²) in [5, 5.41) is 0. The number of terminal acetylenes is 1. The van der Waals surface area contributed by atoms with E-state index < -0.39 is 0 Å². The van der Waals surface area contributed by atoms with Crippen LogP contribution in [-0.4, -0.2) is 9.97 Å². The monoisotopic (exact) mass is 106 g/mol. The number of hydrogen-bond donors (Lipinski definition) is 1. The van der Waals surface area contributed by atoms with Gasteiger partial charge in [0.2, 0.25) is 0 Å². The van der Waals surface area contributed by atoms with Gasteiger partial charge in [-0.05, 0) is 0 Å². The Hall–Kier alpha value is -1.23. The number of H-pyrrole nitrogens is 1. The molecule has 0 atom stereocenters. The van der Waals surface area contributed by atoms with Crippen LogP contribution in [0.2, 0.25) is 0 Å². The first-order valence-corrected chi connectivity index (χ1v) is 2.34. The summed E-state index contributed by atoms with van der Waals surface area (Å²) in [7, 11) is 0. The minimum atomic E-state index is 0.639. The fourth-order valence-electron chi connectivity index (χ4n) is 0.491. The first-order valence-electron chi connectivity index (χ1n) is 2.34. The van der Waals surface area contributed by atoms with Gasteiger partial charge in [0.05, 0.1) is 12.7 Å². The van der Waals surface area contributed by atoms with Crippen molar-refractivity contribution in [3.8, 4) is 12.3 Å². The van der Waals surface area contributed by atoms with Gasteiger partial charge in [0.1, 0.15) is 0 Å². The predicted molar refractivity (Wildman–Crippen MR) is 31.1 cm³/mol. The van der Waals surface area contributed by atoms with Gasteiger partial charge in [0.25, 0.3) is 0 Å². The van der Waals surface area contributed by atoms with Gasteiger partial charge in [-0.25, -0.2) is 4.98 Å². The van der Waals surface area contributed by atoms with Crippen LogP contribution in [0.5, 0.6) is 0 Å². The van der Waals surface area contributed by atoms with E-state index in [0.29, 0.717) is 6.42 Å². The summed E-state index contributed by atoms with van der Waals surface area (Å²) >= 11 is 0. The van der Waals surface area contributed by atoms with Crippen LogP contribution in [0.4, 0.5) is 0 Å². The fourth-order valence-corrected chi connectivity index (χ4v) is 0.491. The topological polar surface area (TPSA) is 28.7 Å². The Bertz CT molecular complexity index is 181. The van der Waals surface area contributed by atoms with E-state index in [0.717, 1.165) is 5.69 Å². The van der Waals surface area contributed by atoms with Crippen molar-refractivity contribution in [2.45, 2.75) is 6.42 Å². The van der Waals surface area contributed by atoms with Crippen LogP contribution in [0, 0.1) is 12.3 Å². The van der Waals surface area contributed by atoms with Crippen molar-refractivity contribution in [2.24, 2.45) is 0 Å². The van der Waals surface area contributed by atoms with Gasteiger partial charge >= 0.3 is 0 Å². The van der Waals surface area contributed by atoms with Gasteiger partial charge in [0, 0.05) is 11.9 Å². The van der Waals surface area contributed by atoms with E-state index in [-0.39, 0.29) is 0 Å². The van der Waals surface area contributed by atoms with Gasteiger partial charge in [-0.15, -0.1) is 12.3 Å². The number of aromatic amines is 1. The lowest BCUT2D eigenvalue weighted by Gasteiger charge is -1.79. The second-order valence-corrected chi connectivity index (χ2v) is 1.46. The molecule has 2 nitrogen and oxygen atoms in total. The van der Waals surface area contributed by atoms with Crippen molar-refractivity contribution >= 4 is 0 Å². The molecule has 1 rings (SSSR count). The highest BCUT2D eigenvalue weighted by molar-refractivity contribution is 5.04. The second kappa shape index (κ2) is 2.17. The maximum Gasteiger partial charge on any atom is 0.0922 e. The molecular weight excluding hydrogens is 100 g/mol. The summed E-state index contributed by atoms with van der Waals surface area (Å²) in [6.07, 6.45) is 9.00. The molecule has 0 aliphatic carbocycles. The Morgan fingerprint density at radius 3 is 3.25 bits per heavy atom. The first-order chi connectivity index (χ1) is 3.93. The van der Waals surface area contributed by atoms with Crippen LogP contribution < -0.4 is 0 Å². The smallest absolute Gasteiger partial charge is 0.0922 e. The molecule has 1 N–H and O–H groups in total. The molecule has 1 aromatic rings. The summed E-state index contributed by atoms with van der Waals surface area (Å²) in [6.45, 7) is 0.